The minimum atomic E-state index is 0.748. The minimum Gasteiger partial charge on any atom is -0.370 e. The second-order valence-electron chi connectivity index (χ2n) is 4.67. The fourth-order valence-electron chi connectivity index (χ4n) is 1.86. The Morgan fingerprint density at radius 3 is 2.65 bits per heavy atom. The number of benzene rings is 1. The van der Waals surface area contributed by atoms with Crippen molar-refractivity contribution in [1.82, 2.24) is 9.97 Å². The van der Waals surface area contributed by atoms with Crippen molar-refractivity contribution >= 4 is 33.3 Å². The van der Waals surface area contributed by atoms with E-state index in [-0.39, 0.29) is 0 Å². The zero-order chi connectivity index (χ0) is 14.5. The SMILES string of the molecule is CCCNc1cc(Nc2cccc(C)c2Br)nc(C)n1. The first-order valence-corrected chi connectivity index (χ1v) is 7.51. The molecule has 0 saturated heterocycles. The average molecular weight is 335 g/mol. The summed E-state index contributed by atoms with van der Waals surface area (Å²) >= 11 is 3.60. The van der Waals surface area contributed by atoms with Gasteiger partial charge in [-0.3, -0.25) is 0 Å². The van der Waals surface area contributed by atoms with Gasteiger partial charge in [0.05, 0.1) is 5.69 Å². The molecule has 0 aliphatic carbocycles. The third-order valence-electron chi connectivity index (χ3n) is 2.85. The van der Waals surface area contributed by atoms with E-state index in [4.69, 9.17) is 0 Å². The Kier molecular flexibility index (Phi) is 4.95. The summed E-state index contributed by atoms with van der Waals surface area (Å²) < 4.78 is 1.05. The maximum Gasteiger partial charge on any atom is 0.136 e. The first kappa shape index (κ1) is 14.8. The van der Waals surface area contributed by atoms with Crippen molar-refractivity contribution in [2.45, 2.75) is 27.2 Å². The minimum absolute atomic E-state index is 0.748. The van der Waals surface area contributed by atoms with Crippen LogP contribution in [0.15, 0.2) is 28.7 Å². The predicted molar refractivity (Wildman–Crippen MR) is 87.7 cm³/mol. The molecule has 106 valence electrons. The van der Waals surface area contributed by atoms with Gasteiger partial charge in [0.15, 0.2) is 0 Å². The molecule has 0 spiro atoms. The molecular weight excluding hydrogens is 316 g/mol. The van der Waals surface area contributed by atoms with Crippen molar-refractivity contribution in [2.75, 3.05) is 17.2 Å². The average Bonchev–Trinajstić information content (AvgIpc) is 2.41. The Hall–Kier alpha value is -1.62. The van der Waals surface area contributed by atoms with E-state index >= 15 is 0 Å². The molecule has 1 heterocycles. The fourth-order valence-corrected chi connectivity index (χ4v) is 2.22. The Bertz CT molecular complexity index is 598. The topological polar surface area (TPSA) is 49.8 Å². The molecule has 1 aromatic heterocycles. The molecule has 4 nitrogen and oxygen atoms in total. The van der Waals surface area contributed by atoms with E-state index in [1.807, 2.05) is 25.1 Å². The van der Waals surface area contributed by atoms with Crippen molar-refractivity contribution in [3.8, 4) is 0 Å². The normalized spacial score (nSPS) is 10.4. The van der Waals surface area contributed by atoms with Gasteiger partial charge < -0.3 is 10.6 Å². The highest BCUT2D eigenvalue weighted by Gasteiger charge is 2.06. The van der Waals surface area contributed by atoms with Crippen LogP contribution in [0.25, 0.3) is 0 Å². The van der Waals surface area contributed by atoms with Crippen LogP contribution in [0.1, 0.15) is 24.7 Å². The molecule has 0 bridgehead atoms. The van der Waals surface area contributed by atoms with Gasteiger partial charge in [-0.2, -0.15) is 0 Å². The standard InChI is InChI=1S/C15H19BrN4/c1-4-8-17-13-9-14(19-11(3)18-13)20-12-7-5-6-10(2)15(12)16/h5-7,9H,4,8H2,1-3H3,(H2,17,18,19,20). The summed E-state index contributed by atoms with van der Waals surface area (Å²) in [4.78, 5) is 8.80. The molecule has 5 heteroatoms. The predicted octanol–water partition coefficient (Wildman–Crippen LogP) is 4.42. The lowest BCUT2D eigenvalue weighted by Crippen LogP contribution is -2.05. The van der Waals surface area contributed by atoms with Gasteiger partial charge >= 0.3 is 0 Å². The first-order chi connectivity index (χ1) is 9.60. The van der Waals surface area contributed by atoms with Gasteiger partial charge in [-0.1, -0.05) is 19.1 Å². The number of nitrogens with zero attached hydrogens (tertiary/aromatic N) is 2. The molecule has 20 heavy (non-hydrogen) atoms. The van der Waals surface area contributed by atoms with Gasteiger partial charge in [0.25, 0.3) is 0 Å². The molecule has 2 aromatic rings. The van der Waals surface area contributed by atoms with Crippen LogP contribution in [0.3, 0.4) is 0 Å². The van der Waals surface area contributed by atoms with Crippen molar-refractivity contribution in [2.24, 2.45) is 0 Å². The largest absolute Gasteiger partial charge is 0.370 e. The summed E-state index contributed by atoms with van der Waals surface area (Å²) in [6.07, 6.45) is 1.06. The Balaban J connectivity index is 2.24. The van der Waals surface area contributed by atoms with Crippen LogP contribution in [0.5, 0.6) is 0 Å². The number of hydrogen-bond donors (Lipinski definition) is 2. The molecule has 0 saturated carbocycles. The third kappa shape index (κ3) is 3.70. The third-order valence-corrected chi connectivity index (χ3v) is 3.90. The lowest BCUT2D eigenvalue weighted by Gasteiger charge is -2.12. The number of hydrogen-bond acceptors (Lipinski definition) is 4. The number of aryl methyl sites for hydroxylation is 2. The second kappa shape index (κ2) is 6.70. The highest BCUT2D eigenvalue weighted by atomic mass is 79.9. The van der Waals surface area contributed by atoms with Crippen LogP contribution in [-0.2, 0) is 0 Å². The lowest BCUT2D eigenvalue weighted by molar-refractivity contribution is 0.955. The highest BCUT2D eigenvalue weighted by Crippen LogP contribution is 2.28. The fraction of sp³-hybridized carbons (Fsp3) is 0.333. The monoisotopic (exact) mass is 334 g/mol. The molecule has 2 rings (SSSR count). The quantitative estimate of drug-likeness (QED) is 0.849. The van der Waals surface area contributed by atoms with Crippen LogP contribution in [0.4, 0.5) is 17.3 Å². The van der Waals surface area contributed by atoms with Crippen molar-refractivity contribution in [1.29, 1.82) is 0 Å². The number of aromatic nitrogens is 2. The van der Waals surface area contributed by atoms with Gasteiger partial charge in [0.1, 0.15) is 17.5 Å². The zero-order valence-corrected chi connectivity index (χ0v) is 13.6. The van der Waals surface area contributed by atoms with Crippen molar-refractivity contribution in [3.05, 3.63) is 40.1 Å². The van der Waals surface area contributed by atoms with Crippen LogP contribution in [0.2, 0.25) is 0 Å². The van der Waals surface area contributed by atoms with Crippen LogP contribution < -0.4 is 10.6 Å². The van der Waals surface area contributed by atoms with Crippen molar-refractivity contribution < 1.29 is 0 Å². The molecule has 0 atom stereocenters. The van der Waals surface area contributed by atoms with Crippen LogP contribution in [0, 0.1) is 13.8 Å². The first-order valence-electron chi connectivity index (χ1n) is 6.72. The number of nitrogens with one attached hydrogen (secondary N) is 2. The number of rotatable bonds is 5. The zero-order valence-electron chi connectivity index (χ0n) is 12.0. The Morgan fingerprint density at radius 1 is 1.15 bits per heavy atom. The van der Waals surface area contributed by atoms with E-state index in [9.17, 15) is 0 Å². The molecule has 0 unspecified atom stereocenters. The lowest BCUT2D eigenvalue weighted by atomic mass is 10.2. The highest BCUT2D eigenvalue weighted by molar-refractivity contribution is 9.10. The van der Waals surface area contributed by atoms with Crippen LogP contribution in [-0.4, -0.2) is 16.5 Å². The smallest absolute Gasteiger partial charge is 0.136 e. The second-order valence-corrected chi connectivity index (χ2v) is 5.47. The molecule has 0 radical (unpaired) electrons. The van der Waals surface area contributed by atoms with Gasteiger partial charge in [0, 0.05) is 17.1 Å². The molecule has 0 aliphatic rings. The van der Waals surface area contributed by atoms with E-state index in [0.29, 0.717) is 0 Å². The van der Waals surface area contributed by atoms with E-state index in [1.54, 1.807) is 0 Å². The maximum absolute atomic E-state index is 4.42. The summed E-state index contributed by atoms with van der Waals surface area (Å²) in [5.74, 6) is 2.39. The van der Waals surface area contributed by atoms with Gasteiger partial charge in [0.2, 0.25) is 0 Å². The molecule has 0 aliphatic heterocycles. The molecule has 0 amide bonds. The maximum atomic E-state index is 4.42. The molecule has 2 N–H and O–H groups in total. The van der Waals surface area contributed by atoms with Gasteiger partial charge in [-0.05, 0) is 47.8 Å². The molecule has 0 fully saturated rings. The summed E-state index contributed by atoms with van der Waals surface area (Å²) in [6, 6.07) is 8.03. The number of anilines is 3. The summed E-state index contributed by atoms with van der Waals surface area (Å²) in [5.41, 5.74) is 2.19. The van der Waals surface area contributed by atoms with Gasteiger partial charge in [-0.15, -0.1) is 0 Å². The van der Waals surface area contributed by atoms with E-state index < -0.39 is 0 Å². The van der Waals surface area contributed by atoms with Crippen LogP contribution >= 0.6 is 15.9 Å². The van der Waals surface area contributed by atoms with E-state index in [0.717, 1.165) is 40.6 Å². The van der Waals surface area contributed by atoms with E-state index in [2.05, 4.69) is 56.4 Å². The van der Waals surface area contributed by atoms with Crippen molar-refractivity contribution in [3.63, 3.8) is 0 Å². The Morgan fingerprint density at radius 2 is 1.90 bits per heavy atom. The molecule has 1 aromatic carbocycles. The number of halogens is 1. The summed E-state index contributed by atoms with van der Waals surface area (Å²) in [6.45, 7) is 7.00. The summed E-state index contributed by atoms with van der Waals surface area (Å²) in [7, 11) is 0. The summed E-state index contributed by atoms with van der Waals surface area (Å²) in [5, 5.41) is 6.62. The Labute approximate surface area is 128 Å². The molecular formula is C15H19BrN4. The van der Waals surface area contributed by atoms with E-state index in [1.165, 1.54) is 5.56 Å². The van der Waals surface area contributed by atoms with Gasteiger partial charge in [-0.25, -0.2) is 9.97 Å².